The maximum absolute atomic E-state index is 12.5. The van der Waals surface area contributed by atoms with Crippen molar-refractivity contribution in [2.75, 3.05) is 6.61 Å². The number of pyridine rings is 1. The molecule has 5 nitrogen and oxygen atoms in total. The van der Waals surface area contributed by atoms with Crippen LogP contribution in [0.1, 0.15) is 30.2 Å². The largest absolute Gasteiger partial charge is 0.466 e. The second kappa shape index (κ2) is 5.91. The van der Waals surface area contributed by atoms with Gasteiger partial charge in [-0.15, -0.1) is 0 Å². The van der Waals surface area contributed by atoms with Crippen LogP contribution in [-0.2, 0) is 16.0 Å². The molecule has 1 heterocycles. The van der Waals surface area contributed by atoms with Gasteiger partial charge in [-0.25, -0.2) is 8.78 Å². The van der Waals surface area contributed by atoms with Crippen molar-refractivity contribution in [2.24, 2.45) is 0 Å². The molecule has 0 atom stereocenters. The summed E-state index contributed by atoms with van der Waals surface area (Å²) in [5, 5.41) is 8.69. The van der Waals surface area contributed by atoms with E-state index in [1.807, 2.05) is 0 Å². The summed E-state index contributed by atoms with van der Waals surface area (Å²) in [6, 6.07) is 1.41. The summed E-state index contributed by atoms with van der Waals surface area (Å²) in [5.74, 6) is -0.656. The molecule has 0 spiro atoms. The van der Waals surface area contributed by atoms with E-state index in [1.54, 1.807) is 6.92 Å². The molecule has 1 aromatic heterocycles. The maximum atomic E-state index is 12.5. The summed E-state index contributed by atoms with van der Waals surface area (Å²) in [7, 11) is 0. The quantitative estimate of drug-likeness (QED) is 0.823. The zero-order valence-corrected chi connectivity index (χ0v) is 9.50. The van der Waals surface area contributed by atoms with Crippen LogP contribution in [0.3, 0.4) is 0 Å². The average molecular weight is 256 g/mol. The van der Waals surface area contributed by atoms with E-state index in [0.29, 0.717) is 0 Å². The minimum Gasteiger partial charge on any atom is -0.466 e. The number of ether oxygens (including phenoxy) is 1. The van der Waals surface area contributed by atoms with Gasteiger partial charge in [0, 0.05) is 11.8 Å². The summed E-state index contributed by atoms with van der Waals surface area (Å²) in [4.78, 5) is 25.0. The Bertz CT molecular complexity index is 546. The Hall–Kier alpha value is -2.23. The molecule has 7 heteroatoms. The monoisotopic (exact) mass is 256 g/mol. The van der Waals surface area contributed by atoms with Crippen LogP contribution >= 0.6 is 0 Å². The number of hydrogen-bond acceptors (Lipinski definition) is 4. The van der Waals surface area contributed by atoms with Crippen LogP contribution in [0.4, 0.5) is 8.78 Å². The van der Waals surface area contributed by atoms with E-state index in [9.17, 15) is 18.4 Å². The van der Waals surface area contributed by atoms with Gasteiger partial charge in [-0.2, -0.15) is 5.26 Å². The van der Waals surface area contributed by atoms with Crippen molar-refractivity contribution in [1.29, 1.82) is 5.26 Å². The zero-order valence-electron chi connectivity index (χ0n) is 9.50. The first-order chi connectivity index (χ1) is 8.51. The third-order valence-electron chi connectivity index (χ3n) is 2.16. The van der Waals surface area contributed by atoms with Crippen LogP contribution < -0.4 is 5.43 Å². The van der Waals surface area contributed by atoms with Gasteiger partial charge in [-0.1, -0.05) is 0 Å². The first kappa shape index (κ1) is 13.8. The van der Waals surface area contributed by atoms with Crippen molar-refractivity contribution in [3.05, 3.63) is 33.2 Å². The molecule has 96 valence electrons. The summed E-state index contributed by atoms with van der Waals surface area (Å²) in [6.45, 7) is 1.75. The van der Waals surface area contributed by atoms with Crippen molar-refractivity contribution in [3.63, 3.8) is 0 Å². The molecule has 0 bridgehead atoms. The van der Waals surface area contributed by atoms with Crippen LogP contribution in [0.2, 0.25) is 0 Å². The number of nitrogens with zero attached hydrogens (tertiary/aromatic N) is 1. The smallest absolute Gasteiger partial charge is 0.310 e. The number of nitrogens with one attached hydrogen (secondary N) is 1. The fraction of sp³-hybridized carbons (Fsp3) is 0.364. The van der Waals surface area contributed by atoms with Crippen LogP contribution in [-0.4, -0.2) is 17.6 Å². The van der Waals surface area contributed by atoms with Gasteiger partial charge in [0.1, 0.15) is 17.3 Å². The van der Waals surface area contributed by atoms with Gasteiger partial charge in [-0.05, 0) is 6.92 Å². The van der Waals surface area contributed by atoms with Gasteiger partial charge in [-0.3, -0.25) is 9.59 Å². The Morgan fingerprint density at radius 2 is 2.28 bits per heavy atom. The fourth-order valence-corrected chi connectivity index (χ4v) is 1.37. The van der Waals surface area contributed by atoms with Crippen LogP contribution in [0.5, 0.6) is 0 Å². The van der Waals surface area contributed by atoms with Gasteiger partial charge in [0.2, 0.25) is 5.43 Å². The molecule has 18 heavy (non-hydrogen) atoms. The second-order valence-electron chi connectivity index (χ2n) is 3.33. The van der Waals surface area contributed by atoms with Gasteiger partial charge in [0.25, 0.3) is 6.43 Å². The van der Waals surface area contributed by atoms with Crippen molar-refractivity contribution in [2.45, 2.75) is 19.8 Å². The number of esters is 1. The average Bonchev–Trinajstić information content (AvgIpc) is 2.31. The molecule has 0 aliphatic rings. The van der Waals surface area contributed by atoms with E-state index in [0.717, 1.165) is 6.20 Å². The molecular weight excluding hydrogens is 246 g/mol. The lowest BCUT2D eigenvalue weighted by Gasteiger charge is -2.05. The molecule has 0 amide bonds. The number of H-pyrrole nitrogens is 1. The van der Waals surface area contributed by atoms with Gasteiger partial charge in [0.15, 0.2) is 0 Å². The van der Waals surface area contributed by atoms with Gasteiger partial charge in [0.05, 0.1) is 13.0 Å². The van der Waals surface area contributed by atoms with Gasteiger partial charge < -0.3 is 9.72 Å². The highest BCUT2D eigenvalue weighted by Crippen LogP contribution is 2.18. The number of aromatic amines is 1. The van der Waals surface area contributed by atoms with E-state index >= 15 is 0 Å². The Labute approximate surface area is 101 Å². The predicted octanol–water partition coefficient (Wildman–Crippen LogP) is 1.29. The Kier molecular flexibility index (Phi) is 4.54. The molecule has 0 aliphatic heterocycles. The summed E-state index contributed by atoms with van der Waals surface area (Å²) >= 11 is 0. The van der Waals surface area contributed by atoms with Crippen molar-refractivity contribution >= 4 is 5.97 Å². The molecule has 0 radical (unpaired) electrons. The number of rotatable bonds is 4. The Morgan fingerprint density at radius 1 is 1.61 bits per heavy atom. The third-order valence-corrected chi connectivity index (χ3v) is 2.16. The highest BCUT2D eigenvalue weighted by atomic mass is 19.3. The Balaban J connectivity index is 3.15. The molecule has 0 aliphatic carbocycles. The van der Waals surface area contributed by atoms with Crippen molar-refractivity contribution in [3.8, 4) is 6.07 Å². The van der Waals surface area contributed by atoms with Crippen molar-refractivity contribution in [1.82, 2.24) is 4.98 Å². The lowest BCUT2D eigenvalue weighted by Crippen LogP contribution is -2.20. The van der Waals surface area contributed by atoms with E-state index in [4.69, 9.17) is 5.26 Å². The van der Waals surface area contributed by atoms with E-state index in [-0.39, 0.29) is 18.6 Å². The molecular formula is C11H10F2N2O3. The standard InChI is InChI=1S/C11H10F2N2O3/c1-2-18-8(16)3-6-5-15-9(11(12)13)7(4-14)10(6)17/h5,11H,2-3H2,1H3,(H,15,17). The lowest BCUT2D eigenvalue weighted by atomic mass is 10.1. The lowest BCUT2D eigenvalue weighted by molar-refractivity contribution is -0.142. The zero-order chi connectivity index (χ0) is 13.7. The third kappa shape index (κ3) is 2.91. The molecule has 0 saturated carbocycles. The topological polar surface area (TPSA) is 82.9 Å². The molecule has 0 unspecified atom stereocenters. The van der Waals surface area contributed by atoms with E-state index in [2.05, 4.69) is 9.72 Å². The fourth-order valence-electron chi connectivity index (χ4n) is 1.37. The molecule has 1 aromatic rings. The highest BCUT2D eigenvalue weighted by Gasteiger charge is 2.19. The molecule has 0 aromatic carbocycles. The van der Waals surface area contributed by atoms with Gasteiger partial charge >= 0.3 is 5.97 Å². The number of halogens is 2. The molecule has 1 N–H and O–H groups in total. The molecule has 0 fully saturated rings. The number of carbonyl (C=O) groups is 1. The minimum absolute atomic E-state index is 0.0746. The van der Waals surface area contributed by atoms with Crippen LogP contribution in [0.25, 0.3) is 0 Å². The van der Waals surface area contributed by atoms with Crippen LogP contribution in [0, 0.1) is 11.3 Å². The molecule has 1 rings (SSSR count). The number of aromatic nitrogens is 1. The van der Waals surface area contributed by atoms with E-state index < -0.39 is 29.1 Å². The number of nitriles is 1. The Morgan fingerprint density at radius 3 is 2.78 bits per heavy atom. The number of carbonyl (C=O) groups excluding carboxylic acids is 1. The maximum Gasteiger partial charge on any atom is 0.310 e. The SMILES string of the molecule is CCOC(=O)Cc1c[nH]c(C(F)F)c(C#N)c1=O. The minimum atomic E-state index is -2.95. The molecule has 0 saturated heterocycles. The normalized spacial score (nSPS) is 10.2. The number of alkyl halides is 2. The summed E-state index contributed by atoms with van der Waals surface area (Å²) in [6.07, 6.45) is -2.31. The second-order valence-corrected chi connectivity index (χ2v) is 3.33. The first-order valence-electron chi connectivity index (χ1n) is 5.09. The first-order valence-corrected chi connectivity index (χ1v) is 5.09. The van der Waals surface area contributed by atoms with Crippen molar-refractivity contribution < 1.29 is 18.3 Å². The summed E-state index contributed by atoms with van der Waals surface area (Å²) < 4.78 is 29.6. The number of hydrogen-bond donors (Lipinski definition) is 1. The predicted molar refractivity (Wildman–Crippen MR) is 57.1 cm³/mol. The van der Waals surface area contributed by atoms with Crippen LogP contribution in [0.15, 0.2) is 11.0 Å². The summed E-state index contributed by atoms with van der Waals surface area (Å²) in [5.41, 5.74) is -2.36. The van der Waals surface area contributed by atoms with E-state index in [1.165, 1.54) is 6.07 Å². The highest BCUT2D eigenvalue weighted by molar-refractivity contribution is 5.72.